The number of carbonyl (C=O) groups is 1. The van der Waals surface area contributed by atoms with Crippen molar-refractivity contribution in [2.24, 2.45) is 11.8 Å². The third kappa shape index (κ3) is 6.00. The number of ether oxygens (including phenoxy) is 1. The van der Waals surface area contributed by atoms with Crippen LogP contribution in [-0.2, 0) is 14.4 Å². The maximum atomic E-state index is 11.6. The van der Waals surface area contributed by atoms with Gasteiger partial charge in [0.25, 0.3) is 0 Å². The van der Waals surface area contributed by atoms with Crippen LogP contribution in [-0.4, -0.2) is 39.3 Å². The Morgan fingerprint density at radius 2 is 2.35 bits per heavy atom. The van der Waals surface area contributed by atoms with E-state index in [1.807, 2.05) is 0 Å². The predicted octanol–water partition coefficient (Wildman–Crippen LogP) is 0.706. The highest BCUT2D eigenvalue weighted by Gasteiger charge is 2.21. The molecule has 17 heavy (non-hydrogen) atoms. The quantitative estimate of drug-likeness (QED) is 0.511. The average molecular weight is 244 g/mol. The van der Waals surface area contributed by atoms with Gasteiger partial charge in [-0.1, -0.05) is 6.92 Å². The van der Waals surface area contributed by atoms with Crippen molar-refractivity contribution >= 4 is 5.91 Å². The lowest BCUT2D eigenvalue weighted by molar-refractivity contribution is -0.135. The number of piperidine rings is 1. The third-order valence-corrected chi connectivity index (χ3v) is 3.22. The molecule has 1 saturated heterocycles. The van der Waals surface area contributed by atoms with Gasteiger partial charge in [0.1, 0.15) is 0 Å². The van der Waals surface area contributed by atoms with Crippen molar-refractivity contribution in [2.75, 3.05) is 33.4 Å². The monoisotopic (exact) mass is 244 g/mol. The fourth-order valence-corrected chi connectivity index (χ4v) is 2.12. The molecule has 5 nitrogen and oxygen atoms in total. The maximum Gasteiger partial charge on any atom is 0.243 e. The molecule has 1 fully saturated rings. The van der Waals surface area contributed by atoms with Crippen LogP contribution in [0.2, 0.25) is 0 Å². The molecular formula is C12H24N2O3. The lowest BCUT2D eigenvalue weighted by Gasteiger charge is -2.27. The van der Waals surface area contributed by atoms with Gasteiger partial charge in [0.2, 0.25) is 5.91 Å². The summed E-state index contributed by atoms with van der Waals surface area (Å²) in [6.07, 6.45) is 2.95. The van der Waals surface area contributed by atoms with E-state index >= 15 is 0 Å². The van der Waals surface area contributed by atoms with E-state index in [4.69, 9.17) is 9.57 Å². The number of amides is 1. The molecule has 0 radical (unpaired) electrons. The summed E-state index contributed by atoms with van der Waals surface area (Å²) >= 11 is 0. The van der Waals surface area contributed by atoms with Gasteiger partial charge >= 0.3 is 0 Å². The fourth-order valence-electron chi connectivity index (χ4n) is 2.12. The minimum absolute atomic E-state index is 0.0424. The highest BCUT2D eigenvalue weighted by molar-refractivity contribution is 5.75. The first-order valence-electron chi connectivity index (χ1n) is 6.34. The molecule has 0 spiro atoms. The Bertz CT molecular complexity index is 218. The lowest BCUT2D eigenvalue weighted by atomic mass is 9.85. The second-order valence-electron chi connectivity index (χ2n) is 4.65. The van der Waals surface area contributed by atoms with Gasteiger partial charge in [-0.3, -0.25) is 9.63 Å². The van der Waals surface area contributed by atoms with Crippen LogP contribution in [0.3, 0.4) is 0 Å². The van der Waals surface area contributed by atoms with E-state index < -0.39 is 0 Å². The highest BCUT2D eigenvalue weighted by Crippen LogP contribution is 2.22. The van der Waals surface area contributed by atoms with Gasteiger partial charge in [0.15, 0.2) is 0 Å². The van der Waals surface area contributed by atoms with Gasteiger partial charge in [-0.15, -0.1) is 0 Å². The van der Waals surface area contributed by atoms with Gasteiger partial charge in [-0.25, -0.2) is 5.48 Å². The third-order valence-electron chi connectivity index (χ3n) is 3.22. The van der Waals surface area contributed by atoms with Crippen LogP contribution in [0.4, 0.5) is 0 Å². The van der Waals surface area contributed by atoms with Gasteiger partial charge in [0, 0.05) is 13.5 Å². The Labute approximate surface area is 103 Å². The summed E-state index contributed by atoms with van der Waals surface area (Å²) in [5.74, 6) is 0.960. The first-order chi connectivity index (χ1) is 8.24. The molecule has 0 aromatic rings. The number of hydroxylamine groups is 1. The molecule has 0 aromatic heterocycles. The number of nitrogens with one attached hydrogen (secondary N) is 2. The molecule has 0 bridgehead atoms. The fraction of sp³-hybridized carbons (Fsp3) is 0.917. The number of hydrogen-bond acceptors (Lipinski definition) is 4. The summed E-state index contributed by atoms with van der Waals surface area (Å²) in [7, 11) is 1.60. The molecule has 0 saturated carbocycles. The van der Waals surface area contributed by atoms with Crippen LogP contribution >= 0.6 is 0 Å². The average Bonchev–Trinajstić information content (AvgIpc) is 2.36. The van der Waals surface area contributed by atoms with E-state index in [0.29, 0.717) is 31.5 Å². The minimum Gasteiger partial charge on any atom is -0.382 e. The first-order valence-corrected chi connectivity index (χ1v) is 6.34. The number of carbonyl (C=O) groups excluding carboxylic acids is 1. The summed E-state index contributed by atoms with van der Waals surface area (Å²) in [6, 6.07) is 0. The van der Waals surface area contributed by atoms with Crippen LogP contribution in [0.15, 0.2) is 0 Å². The minimum atomic E-state index is -0.0424. The second-order valence-corrected chi connectivity index (χ2v) is 4.65. The van der Waals surface area contributed by atoms with Crippen LogP contribution in [0, 0.1) is 11.8 Å². The summed E-state index contributed by atoms with van der Waals surface area (Å²) in [5.41, 5.74) is 2.45. The van der Waals surface area contributed by atoms with Crippen molar-refractivity contribution in [3.05, 3.63) is 0 Å². The van der Waals surface area contributed by atoms with E-state index in [1.54, 1.807) is 7.11 Å². The predicted molar refractivity (Wildman–Crippen MR) is 65.3 cm³/mol. The van der Waals surface area contributed by atoms with Gasteiger partial charge < -0.3 is 10.1 Å². The molecule has 100 valence electrons. The molecule has 2 atom stereocenters. The van der Waals surface area contributed by atoms with Crippen molar-refractivity contribution in [2.45, 2.75) is 26.2 Å². The molecule has 2 unspecified atom stereocenters. The van der Waals surface area contributed by atoms with E-state index in [1.165, 1.54) is 12.8 Å². The van der Waals surface area contributed by atoms with Crippen LogP contribution in [0.1, 0.15) is 26.2 Å². The lowest BCUT2D eigenvalue weighted by Crippen LogP contribution is -2.35. The Morgan fingerprint density at radius 3 is 3.00 bits per heavy atom. The van der Waals surface area contributed by atoms with Crippen LogP contribution in [0.5, 0.6) is 0 Å². The number of hydrogen-bond donors (Lipinski definition) is 2. The molecule has 1 rings (SSSR count). The first kappa shape index (κ1) is 14.4. The molecule has 1 amide bonds. The molecule has 1 aliphatic heterocycles. The van der Waals surface area contributed by atoms with Crippen LogP contribution in [0.25, 0.3) is 0 Å². The zero-order chi connectivity index (χ0) is 12.5. The Balaban J connectivity index is 2.11. The topological polar surface area (TPSA) is 59.6 Å². The van der Waals surface area contributed by atoms with E-state index in [-0.39, 0.29) is 5.91 Å². The normalized spacial score (nSPS) is 22.1. The Morgan fingerprint density at radius 1 is 1.53 bits per heavy atom. The van der Waals surface area contributed by atoms with E-state index in [9.17, 15) is 4.79 Å². The van der Waals surface area contributed by atoms with Crippen molar-refractivity contribution in [3.8, 4) is 0 Å². The van der Waals surface area contributed by atoms with Crippen LogP contribution < -0.4 is 10.8 Å². The smallest absolute Gasteiger partial charge is 0.243 e. The van der Waals surface area contributed by atoms with E-state index in [0.717, 1.165) is 13.1 Å². The molecule has 5 heteroatoms. The Kier molecular flexibility index (Phi) is 7.16. The van der Waals surface area contributed by atoms with Crippen molar-refractivity contribution in [1.29, 1.82) is 0 Å². The second kappa shape index (κ2) is 8.44. The molecular weight excluding hydrogens is 220 g/mol. The maximum absolute atomic E-state index is 11.6. The summed E-state index contributed by atoms with van der Waals surface area (Å²) in [6.45, 7) is 5.14. The van der Waals surface area contributed by atoms with Crippen molar-refractivity contribution in [3.63, 3.8) is 0 Å². The largest absolute Gasteiger partial charge is 0.382 e. The van der Waals surface area contributed by atoms with Crippen molar-refractivity contribution in [1.82, 2.24) is 10.8 Å². The molecule has 2 N–H and O–H groups in total. The van der Waals surface area contributed by atoms with Crippen molar-refractivity contribution < 1.29 is 14.4 Å². The molecule has 0 aromatic carbocycles. The molecule has 0 aliphatic carbocycles. The van der Waals surface area contributed by atoms with Gasteiger partial charge in [-0.05, 0) is 37.8 Å². The van der Waals surface area contributed by atoms with Gasteiger partial charge in [-0.2, -0.15) is 0 Å². The van der Waals surface area contributed by atoms with Gasteiger partial charge in [0.05, 0.1) is 13.2 Å². The zero-order valence-corrected chi connectivity index (χ0v) is 10.8. The molecule has 1 heterocycles. The van der Waals surface area contributed by atoms with E-state index in [2.05, 4.69) is 17.7 Å². The SMILES string of the molecule is COCCONC(=O)CC(C)C1CCCNC1. The number of methoxy groups -OCH3 is 1. The number of rotatable bonds is 7. The Hall–Kier alpha value is -0.650. The zero-order valence-electron chi connectivity index (χ0n) is 10.8. The standard InChI is InChI=1S/C12H24N2O3/c1-10(11-4-3-5-13-9-11)8-12(15)14-17-7-6-16-2/h10-11,13H,3-9H2,1-2H3,(H,14,15). The summed E-state index contributed by atoms with van der Waals surface area (Å²) in [4.78, 5) is 16.5. The summed E-state index contributed by atoms with van der Waals surface area (Å²) in [5, 5.41) is 3.37. The highest BCUT2D eigenvalue weighted by atomic mass is 16.7. The molecule has 1 aliphatic rings. The summed E-state index contributed by atoms with van der Waals surface area (Å²) < 4.78 is 4.82.